The topological polar surface area (TPSA) is 56.6 Å². The van der Waals surface area contributed by atoms with Gasteiger partial charge in [-0.05, 0) is 43.3 Å². The summed E-state index contributed by atoms with van der Waals surface area (Å²) in [5.41, 5.74) is 2.93. The summed E-state index contributed by atoms with van der Waals surface area (Å²) in [5.74, 6) is 1.33. The van der Waals surface area contributed by atoms with Gasteiger partial charge >= 0.3 is 0 Å². The number of nitrogens with zero attached hydrogens (tertiary/aromatic N) is 3. The van der Waals surface area contributed by atoms with Crippen molar-refractivity contribution in [2.45, 2.75) is 12.1 Å². The molecule has 1 saturated heterocycles. The van der Waals surface area contributed by atoms with Crippen molar-refractivity contribution in [3.63, 3.8) is 0 Å². The van der Waals surface area contributed by atoms with Gasteiger partial charge in [0.15, 0.2) is 5.16 Å². The first kappa shape index (κ1) is 18.8. The van der Waals surface area contributed by atoms with Gasteiger partial charge in [0.2, 0.25) is 5.91 Å². The Morgan fingerprint density at radius 1 is 1.14 bits per heavy atom. The van der Waals surface area contributed by atoms with E-state index in [0.29, 0.717) is 38.7 Å². The van der Waals surface area contributed by atoms with Crippen LogP contribution in [0.25, 0.3) is 16.7 Å². The van der Waals surface area contributed by atoms with Crippen LogP contribution in [-0.4, -0.2) is 59.0 Å². The number of morpholine rings is 1. The molecule has 2 heterocycles. The molecule has 1 aromatic heterocycles. The van der Waals surface area contributed by atoms with Crippen LogP contribution in [0.5, 0.6) is 5.75 Å². The van der Waals surface area contributed by atoms with Crippen molar-refractivity contribution in [2.24, 2.45) is 0 Å². The third kappa shape index (κ3) is 4.00. The number of thioether (sulfide) groups is 1. The number of imidazole rings is 1. The average molecular weight is 398 g/mol. The number of carbonyl (C=O) groups excluding carboxylic acids is 1. The zero-order valence-electron chi connectivity index (χ0n) is 15.8. The minimum atomic E-state index is 0.124. The highest BCUT2D eigenvalue weighted by molar-refractivity contribution is 7.99. The maximum Gasteiger partial charge on any atom is 0.233 e. The van der Waals surface area contributed by atoms with Gasteiger partial charge in [0.1, 0.15) is 5.75 Å². The number of carbonyl (C=O) groups is 1. The number of benzene rings is 2. The molecule has 0 saturated carbocycles. The summed E-state index contributed by atoms with van der Waals surface area (Å²) < 4.78 is 13.0. The molecule has 0 bridgehead atoms. The van der Waals surface area contributed by atoms with Gasteiger partial charge in [0, 0.05) is 18.8 Å². The zero-order chi connectivity index (χ0) is 19.3. The molecule has 0 atom stereocenters. The Labute approximate surface area is 168 Å². The number of ether oxygens (including phenoxy) is 2. The quantitative estimate of drug-likeness (QED) is 0.597. The second kappa shape index (κ2) is 8.67. The molecule has 1 aliphatic rings. The fourth-order valence-electron chi connectivity index (χ4n) is 3.24. The molecule has 0 unspecified atom stereocenters. The van der Waals surface area contributed by atoms with Gasteiger partial charge in [-0.1, -0.05) is 23.9 Å². The molecule has 4 rings (SSSR count). The van der Waals surface area contributed by atoms with E-state index >= 15 is 0 Å². The van der Waals surface area contributed by atoms with E-state index in [1.54, 1.807) is 0 Å². The SMILES string of the molecule is CCOc1ccc(-n2c(SCC(=O)N3CCOCC3)nc3ccccc32)cc1. The van der Waals surface area contributed by atoms with Crippen molar-refractivity contribution in [1.82, 2.24) is 14.5 Å². The monoisotopic (exact) mass is 397 g/mol. The Balaban J connectivity index is 1.60. The molecule has 146 valence electrons. The van der Waals surface area contributed by atoms with Crippen molar-refractivity contribution < 1.29 is 14.3 Å². The standard InChI is InChI=1S/C21H23N3O3S/c1-2-27-17-9-7-16(8-10-17)24-19-6-4-3-5-18(19)22-21(24)28-15-20(25)23-11-13-26-14-12-23/h3-10H,2,11-15H2,1H3. The molecular weight excluding hydrogens is 374 g/mol. The molecular formula is C21H23N3O3S. The fourth-order valence-corrected chi connectivity index (χ4v) is 4.17. The van der Waals surface area contributed by atoms with E-state index < -0.39 is 0 Å². The Morgan fingerprint density at radius 2 is 1.89 bits per heavy atom. The van der Waals surface area contributed by atoms with E-state index in [0.717, 1.165) is 27.6 Å². The van der Waals surface area contributed by atoms with Crippen molar-refractivity contribution in [3.05, 3.63) is 48.5 Å². The van der Waals surface area contributed by atoms with Crippen molar-refractivity contribution in [3.8, 4) is 11.4 Å². The van der Waals surface area contributed by atoms with E-state index in [4.69, 9.17) is 14.5 Å². The molecule has 6 nitrogen and oxygen atoms in total. The van der Waals surface area contributed by atoms with Crippen LogP contribution in [-0.2, 0) is 9.53 Å². The normalized spacial score (nSPS) is 14.4. The number of hydrogen-bond donors (Lipinski definition) is 0. The summed E-state index contributed by atoms with van der Waals surface area (Å²) in [6.45, 7) is 5.15. The lowest BCUT2D eigenvalue weighted by Gasteiger charge is -2.26. The fraction of sp³-hybridized carbons (Fsp3) is 0.333. The van der Waals surface area contributed by atoms with E-state index in [-0.39, 0.29) is 5.91 Å². The molecule has 0 radical (unpaired) electrons. The Kier molecular flexibility index (Phi) is 5.83. The summed E-state index contributed by atoms with van der Waals surface area (Å²) in [4.78, 5) is 19.2. The van der Waals surface area contributed by atoms with Crippen LogP contribution in [0.15, 0.2) is 53.7 Å². The number of amides is 1. The second-order valence-corrected chi connectivity index (χ2v) is 7.37. The first-order valence-electron chi connectivity index (χ1n) is 9.45. The van der Waals surface area contributed by atoms with Crippen molar-refractivity contribution in [2.75, 3.05) is 38.7 Å². The average Bonchev–Trinajstić information content (AvgIpc) is 3.12. The number of para-hydroxylation sites is 2. The molecule has 2 aromatic carbocycles. The number of hydrogen-bond acceptors (Lipinski definition) is 5. The molecule has 3 aromatic rings. The lowest BCUT2D eigenvalue weighted by molar-refractivity contribution is -0.132. The third-order valence-electron chi connectivity index (χ3n) is 4.62. The zero-order valence-corrected chi connectivity index (χ0v) is 16.7. The largest absolute Gasteiger partial charge is 0.494 e. The second-order valence-electron chi connectivity index (χ2n) is 6.43. The number of rotatable bonds is 6. The van der Waals surface area contributed by atoms with E-state index in [9.17, 15) is 4.79 Å². The Morgan fingerprint density at radius 3 is 2.64 bits per heavy atom. The first-order chi connectivity index (χ1) is 13.8. The third-order valence-corrected chi connectivity index (χ3v) is 5.55. The van der Waals surface area contributed by atoms with Crippen LogP contribution in [0.1, 0.15) is 6.92 Å². The van der Waals surface area contributed by atoms with E-state index in [2.05, 4.69) is 4.57 Å². The van der Waals surface area contributed by atoms with Crippen LogP contribution in [0.2, 0.25) is 0 Å². The molecule has 1 amide bonds. The molecule has 0 spiro atoms. The highest BCUT2D eigenvalue weighted by Gasteiger charge is 2.19. The predicted octanol–water partition coefficient (Wildman–Crippen LogP) is 3.38. The van der Waals surface area contributed by atoms with E-state index in [1.807, 2.05) is 60.4 Å². The first-order valence-corrected chi connectivity index (χ1v) is 10.4. The van der Waals surface area contributed by atoms with Gasteiger partial charge in [-0.25, -0.2) is 4.98 Å². The van der Waals surface area contributed by atoms with Crippen LogP contribution < -0.4 is 4.74 Å². The minimum absolute atomic E-state index is 0.124. The Bertz CT molecular complexity index is 949. The van der Waals surface area contributed by atoms with Gasteiger partial charge < -0.3 is 14.4 Å². The molecule has 1 aliphatic heterocycles. The minimum Gasteiger partial charge on any atom is -0.494 e. The van der Waals surface area contributed by atoms with Crippen LogP contribution in [0, 0.1) is 0 Å². The lowest BCUT2D eigenvalue weighted by atomic mass is 10.2. The Hall–Kier alpha value is -2.51. The summed E-state index contributed by atoms with van der Waals surface area (Å²) >= 11 is 1.47. The molecule has 28 heavy (non-hydrogen) atoms. The maximum atomic E-state index is 12.5. The predicted molar refractivity (Wildman–Crippen MR) is 110 cm³/mol. The van der Waals surface area contributed by atoms with Crippen LogP contribution >= 0.6 is 11.8 Å². The summed E-state index contributed by atoms with van der Waals surface area (Å²) in [7, 11) is 0. The van der Waals surface area contributed by atoms with Gasteiger partial charge in [-0.3, -0.25) is 9.36 Å². The van der Waals surface area contributed by atoms with Gasteiger partial charge in [-0.15, -0.1) is 0 Å². The van der Waals surface area contributed by atoms with Gasteiger partial charge in [0.05, 0.1) is 36.6 Å². The van der Waals surface area contributed by atoms with Crippen molar-refractivity contribution >= 4 is 28.7 Å². The van der Waals surface area contributed by atoms with E-state index in [1.165, 1.54) is 11.8 Å². The molecule has 7 heteroatoms. The lowest BCUT2D eigenvalue weighted by Crippen LogP contribution is -2.41. The number of fused-ring (bicyclic) bond motifs is 1. The smallest absolute Gasteiger partial charge is 0.233 e. The highest BCUT2D eigenvalue weighted by Crippen LogP contribution is 2.29. The summed E-state index contributed by atoms with van der Waals surface area (Å²) in [6, 6.07) is 16.0. The van der Waals surface area contributed by atoms with Crippen LogP contribution in [0.3, 0.4) is 0 Å². The van der Waals surface area contributed by atoms with Crippen LogP contribution in [0.4, 0.5) is 0 Å². The highest BCUT2D eigenvalue weighted by atomic mass is 32.2. The maximum absolute atomic E-state index is 12.5. The summed E-state index contributed by atoms with van der Waals surface area (Å²) in [6.07, 6.45) is 0. The molecule has 0 N–H and O–H groups in total. The van der Waals surface area contributed by atoms with Crippen molar-refractivity contribution in [1.29, 1.82) is 0 Å². The van der Waals surface area contributed by atoms with Gasteiger partial charge in [0.25, 0.3) is 0 Å². The molecule has 1 fully saturated rings. The molecule has 0 aliphatic carbocycles. The summed E-state index contributed by atoms with van der Waals surface area (Å²) in [5, 5.41) is 0.812. The number of aromatic nitrogens is 2. The van der Waals surface area contributed by atoms with Gasteiger partial charge in [-0.2, -0.15) is 0 Å².